The van der Waals surface area contributed by atoms with E-state index in [4.69, 9.17) is 33.7 Å². The molecule has 2 aromatic heterocycles. The Balaban J connectivity index is 1.17. The number of fused-ring (bicyclic) bond motifs is 5. The molecule has 4 saturated heterocycles. The van der Waals surface area contributed by atoms with Gasteiger partial charge in [-0.05, 0) is 89.0 Å². The predicted molar refractivity (Wildman–Crippen MR) is 221 cm³/mol. The summed E-state index contributed by atoms with van der Waals surface area (Å²) in [5.41, 5.74) is -0.677. The lowest BCUT2D eigenvalue weighted by molar-refractivity contribution is 0.0122. The van der Waals surface area contributed by atoms with Crippen molar-refractivity contribution in [3.8, 4) is 23.0 Å². The number of methoxy groups -OCH3 is 1. The van der Waals surface area contributed by atoms with Gasteiger partial charge in [-0.15, -0.1) is 0 Å². The molecule has 0 N–H and O–H groups in total. The number of amides is 1. The van der Waals surface area contributed by atoms with Gasteiger partial charge in [-0.1, -0.05) is 31.8 Å². The van der Waals surface area contributed by atoms with Crippen molar-refractivity contribution in [2.45, 2.75) is 108 Å². The molecule has 0 saturated carbocycles. The molecule has 4 aromatic rings. The number of anilines is 1. The van der Waals surface area contributed by atoms with Crippen molar-refractivity contribution in [1.29, 1.82) is 0 Å². The first-order valence-electron chi connectivity index (χ1n) is 20.6. The monoisotopic (exact) mass is 818 g/mol. The number of pyridine rings is 1. The van der Waals surface area contributed by atoms with Crippen LogP contribution in [0.1, 0.15) is 52.9 Å². The number of rotatable bonds is 12. The number of halogens is 2. The largest absolute Gasteiger partial charge is 0.468 e. The molecule has 0 spiro atoms. The summed E-state index contributed by atoms with van der Waals surface area (Å²) in [6.07, 6.45) is 5.78. The fourth-order valence-corrected chi connectivity index (χ4v) is 9.96. The quantitative estimate of drug-likeness (QED) is 0.0787. The van der Waals surface area contributed by atoms with Gasteiger partial charge in [0.25, 0.3) is 0 Å². The van der Waals surface area contributed by atoms with Crippen LogP contribution in [0.25, 0.3) is 32.9 Å². The summed E-state index contributed by atoms with van der Waals surface area (Å²) in [6.45, 7) is 16.0. The van der Waals surface area contributed by atoms with Crippen molar-refractivity contribution < 1.29 is 37.3 Å². The van der Waals surface area contributed by atoms with E-state index in [2.05, 4.69) is 34.4 Å². The third-order valence-corrected chi connectivity index (χ3v) is 13.8. The highest BCUT2D eigenvalue weighted by molar-refractivity contribution is 6.76. The van der Waals surface area contributed by atoms with E-state index in [-0.39, 0.29) is 64.8 Å². The topological polar surface area (TPSA) is 112 Å². The van der Waals surface area contributed by atoms with Gasteiger partial charge < -0.3 is 28.6 Å². The third-order valence-electron chi connectivity index (χ3n) is 12.1. The van der Waals surface area contributed by atoms with Gasteiger partial charge >= 0.3 is 12.1 Å². The van der Waals surface area contributed by atoms with Crippen molar-refractivity contribution >= 4 is 41.7 Å². The lowest BCUT2D eigenvalue weighted by Gasteiger charge is -2.42. The third kappa shape index (κ3) is 8.19. The maximum absolute atomic E-state index is 17.4. The van der Waals surface area contributed by atoms with Gasteiger partial charge in [-0.3, -0.25) is 14.8 Å². The molecule has 1 amide bonds. The molecule has 4 aliphatic rings. The molecule has 312 valence electrons. The number of nitrogens with zero attached hydrogens (tertiary/aromatic N) is 6. The Morgan fingerprint density at radius 2 is 1.81 bits per heavy atom. The Morgan fingerprint density at radius 3 is 2.53 bits per heavy atom. The minimum Gasteiger partial charge on any atom is -0.468 e. The van der Waals surface area contributed by atoms with Crippen LogP contribution in [0.4, 0.5) is 19.4 Å². The molecule has 4 atom stereocenters. The summed E-state index contributed by atoms with van der Waals surface area (Å²) in [5.74, 6) is -0.358. The molecule has 4 fully saturated rings. The molecule has 0 aliphatic carbocycles. The van der Waals surface area contributed by atoms with E-state index in [1.54, 1.807) is 37.6 Å². The summed E-state index contributed by atoms with van der Waals surface area (Å²) in [7, 11) is 0.445. The highest BCUT2D eigenvalue weighted by Gasteiger charge is 2.50. The molecule has 0 radical (unpaired) electrons. The molecular weight excluding hydrogens is 763 g/mol. The number of piperazine rings is 1. The van der Waals surface area contributed by atoms with Crippen molar-refractivity contribution in [3.63, 3.8) is 0 Å². The minimum atomic E-state index is -1.30. The Bertz CT molecular complexity index is 2170. The van der Waals surface area contributed by atoms with Crippen LogP contribution >= 0.6 is 0 Å². The lowest BCUT2D eigenvalue weighted by Crippen LogP contribution is -2.57. The van der Waals surface area contributed by atoms with E-state index >= 15 is 8.78 Å². The van der Waals surface area contributed by atoms with E-state index < -0.39 is 25.3 Å². The summed E-state index contributed by atoms with van der Waals surface area (Å²) in [6, 6.07) is 8.86. The van der Waals surface area contributed by atoms with Gasteiger partial charge in [0.05, 0.1) is 29.1 Å². The maximum atomic E-state index is 17.4. The van der Waals surface area contributed by atoms with Crippen LogP contribution in [-0.4, -0.2) is 122 Å². The second-order valence-electron chi connectivity index (χ2n) is 18.6. The van der Waals surface area contributed by atoms with E-state index in [0.717, 1.165) is 51.2 Å². The van der Waals surface area contributed by atoms with Crippen LogP contribution in [0.15, 0.2) is 36.5 Å². The zero-order valence-corrected chi connectivity index (χ0v) is 35.8. The van der Waals surface area contributed by atoms with Gasteiger partial charge in [0.2, 0.25) is 0 Å². The molecule has 12 nitrogen and oxygen atoms in total. The number of carbonyl (C=O) groups is 1. The molecular formula is C43H56F2N6O6Si. The molecule has 8 rings (SSSR count). The summed E-state index contributed by atoms with van der Waals surface area (Å²) >= 11 is 0. The standard InChI is InChI=1S/C43H56F2N6O6Si/c1-42(2,3)57-41(52)51-28-12-13-29(51)23-49(22-28)39-33-21-46-37(32-19-30(56-26-54-16-17-58(5,6)7)18-27-10-8-11-34(44)35(27)32)36(45)38(33)47-40(48-39)55-25-43-14-9-15-50(43)24-31(20-43)53-4/h8,10-11,18-19,21,28-29,31H,9,12-17,20,22-26H2,1-7H3/t28-,29+,31?,43?. The number of aromatic nitrogens is 3. The number of carbonyl (C=O) groups excluding carboxylic acids is 1. The number of hydrogen-bond acceptors (Lipinski definition) is 11. The first-order chi connectivity index (χ1) is 27.6. The average molecular weight is 819 g/mol. The van der Waals surface area contributed by atoms with Gasteiger partial charge in [0.1, 0.15) is 40.8 Å². The highest BCUT2D eigenvalue weighted by atomic mass is 28.3. The second-order valence-corrected chi connectivity index (χ2v) is 24.2. The molecule has 2 bridgehead atoms. The number of benzene rings is 2. The van der Waals surface area contributed by atoms with Crippen molar-refractivity contribution in [2.75, 3.05) is 58.2 Å². The normalized spacial score (nSPS) is 23.6. The first-order valence-corrected chi connectivity index (χ1v) is 24.3. The molecule has 2 unspecified atom stereocenters. The van der Waals surface area contributed by atoms with Crippen molar-refractivity contribution in [1.82, 2.24) is 24.8 Å². The zero-order chi connectivity index (χ0) is 41.0. The van der Waals surface area contributed by atoms with E-state index in [9.17, 15) is 4.79 Å². The fraction of sp³-hybridized carbons (Fsp3) is 0.581. The molecule has 2 aromatic carbocycles. The smallest absolute Gasteiger partial charge is 0.410 e. The lowest BCUT2D eigenvalue weighted by atomic mass is 9.94. The summed E-state index contributed by atoms with van der Waals surface area (Å²) in [5, 5.41) is 1.15. The van der Waals surface area contributed by atoms with Crippen LogP contribution in [0.3, 0.4) is 0 Å². The van der Waals surface area contributed by atoms with Gasteiger partial charge in [-0.25, -0.2) is 13.6 Å². The summed E-state index contributed by atoms with van der Waals surface area (Å²) in [4.78, 5) is 34.0. The number of ether oxygens (including phenoxy) is 5. The Labute approximate surface area is 340 Å². The Hall–Kier alpha value is -4.18. The zero-order valence-electron chi connectivity index (χ0n) is 34.8. The molecule has 58 heavy (non-hydrogen) atoms. The van der Waals surface area contributed by atoms with E-state index in [1.165, 1.54) is 6.07 Å². The minimum absolute atomic E-state index is 0.00286. The van der Waals surface area contributed by atoms with Crippen molar-refractivity contribution in [2.24, 2.45) is 0 Å². The van der Waals surface area contributed by atoms with E-state index in [0.29, 0.717) is 48.6 Å². The first kappa shape index (κ1) is 40.6. The van der Waals surface area contributed by atoms with Gasteiger partial charge in [-0.2, -0.15) is 9.97 Å². The average Bonchev–Trinajstić information content (AvgIpc) is 3.80. The fourth-order valence-electron chi connectivity index (χ4n) is 9.20. The second kappa shape index (κ2) is 15.8. The highest BCUT2D eigenvalue weighted by Crippen LogP contribution is 2.42. The summed E-state index contributed by atoms with van der Waals surface area (Å²) < 4.78 is 62.9. The van der Waals surface area contributed by atoms with Crippen LogP contribution < -0.4 is 14.4 Å². The number of hydrogen-bond donors (Lipinski definition) is 0. The molecule has 6 heterocycles. The predicted octanol–water partition coefficient (Wildman–Crippen LogP) is 8.03. The maximum Gasteiger partial charge on any atom is 0.410 e. The SMILES string of the molecule is COC1CN2CCCC2(COc2nc(N3C[C@H]4CC[C@@H](C3)N4C(=O)OC(C)(C)C)c3cnc(-c4cc(OCOCC[Si](C)(C)C)cc5cccc(F)c45)c(F)c3n2)C1. The van der Waals surface area contributed by atoms with E-state index in [1.807, 2.05) is 25.7 Å². The van der Waals surface area contributed by atoms with Crippen LogP contribution in [0.5, 0.6) is 11.8 Å². The van der Waals surface area contributed by atoms with Gasteiger partial charge in [0, 0.05) is 58.6 Å². The van der Waals surface area contributed by atoms with Crippen LogP contribution in [-0.2, 0) is 14.2 Å². The van der Waals surface area contributed by atoms with Gasteiger partial charge in [0.15, 0.2) is 12.6 Å². The Kier molecular flexibility index (Phi) is 11.0. The molecule has 4 aliphatic heterocycles. The van der Waals surface area contributed by atoms with Crippen molar-refractivity contribution in [3.05, 3.63) is 48.2 Å². The van der Waals surface area contributed by atoms with Crippen LogP contribution in [0.2, 0.25) is 25.7 Å². The Morgan fingerprint density at radius 1 is 1.03 bits per heavy atom. The molecule has 15 heteroatoms. The van der Waals surface area contributed by atoms with Crippen LogP contribution in [0, 0.1) is 11.6 Å².